The first-order valence-electron chi connectivity index (χ1n) is 9.36. The van der Waals surface area contributed by atoms with Crippen LogP contribution in [0.4, 0.5) is 5.82 Å². The van der Waals surface area contributed by atoms with Crippen molar-refractivity contribution in [2.75, 3.05) is 18.2 Å². The number of aromatic amines is 1. The molecule has 2 aromatic heterocycles. The van der Waals surface area contributed by atoms with E-state index in [1.54, 1.807) is 12.3 Å². The van der Waals surface area contributed by atoms with Crippen LogP contribution in [-0.4, -0.2) is 49.3 Å². The molecular weight excluding hydrogens is 402 g/mol. The lowest BCUT2D eigenvalue weighted by atomic mass is 10.1. The fourth-order valence-electron chi connectivity index (χ4n) is 2.40. The molecule has 0 aliphatic rings. The molecule has 8 nitrogen and oxygen atoms in total. The van der Waals surface area contributed by atoms with Gasteiger partial charge in [0.25, 0.3) is 0 Å². The van der Waals surface area contributed by atoms with E-state index in [4.69, 9.17) is 9.90 Å². The fourth-order valence-corrected chi connectivity index (χ4v) is 2.74. The minimum absolute atomic E-state index is 0.123. The van der Waals surface area contributed by atoms with Gasteiger partial charge in [0.15, 0.2) is 5.16 Å². The molecule has 0 radical (unpaired) electrons. The number of aromatic nitrogens is 4. The molecule has 0 saturated heterocycles. The number of H-pyrrole nitrogens is 1. The van der Waals surface area contributed by atoms with Gasteiger partial charge in [-0.1, -0.05) is 23.9 Å². The Kier molecular flexibility index (Phi) is 12.0. The Morgan fingerprint density at radius 2 is 1.97 bits per heavy atom. The monoisotopic (exact) mass is 431 g/mol. The SMILES string of the molecule is C=CC.CC=O.CSc1ncc(CO)c(NCc2nc3ccc(CCO)cc3[nH]2)n1. The lowest BCUT2D eigenvalue weighted by molar-refractivity contribution is -0.106. The van der Waals surface area contributed by atoms with Crippen molar-refractivity contribution in [3.8, 4) is 0 Å². The van der Waals surface area contributed by atoms with Crippen molar-refractivity contribution in [2.24, 2.45) is 0 Å². The van der Waals surface area contributed by atoms with E-state index < -0.39 is 0 Å². The molecule has 0 saturated carbocycles. The third-order valence-corrected chi connectivity index (χ3v) is 4.18. The Balaban J connectivity index is 0.000000672. The van der Waals surface area contributed by atoms with Gasteiger partial charge in [0.1, 0.15) is 17.9 Å². The summed E-state index contributed by atoms with van der Waals surface area (Å²) in [6.07, 6.45) is 6.66. The standard InChI is InChI=1S/C16H19N5O2S.C3H6.C2H4O/c1-24-16-18-7-11(9-23)15(21-16)17-8-14-19-12-3-2-10(4-5-22)6-13(12)20-14;1-3-2;1-2-3/h2-3,6-7,22-23H,4-5,8-9H2,1H3,(H,19,20)(H,17,18,21);3H,1H2,2H3;2H,1H3. The van der Waals surface area contributed by atoms with Crippen LogP contribution in [0.15, 0.2) is 42.2 Å². The van der Waals surface area contributed by atoms with E-state index in [0.717, 1.165) is 28.7 Å². The molecule has 30 heavy (non-hydrogen) atoms. The summed E-state index contributed by atoms with van der Waals surface area (Å²) in [5, 5.41) is 22.3. The van der Waals surface area contributed by atoms with Crippen molar-refractivity contribution in [1.29, 1.82) is 0 Å². The van der Waals surface area contributed by atoms with E-state index in [1.807, 2.05) is 31.4 Å². The Bertz CT molecular complexity index is 924. The minimum Gasteiger partial charge on any atom is -0.396 e. The van der Waals surface area contributed by atoms with E-state index in [-0.39, 0.29) is 13.2 Å². The van der Waals surface area contributed by atoms with Gasteiger partial charge < -0.3 is 25.3 Å². The number of imidazole rings is 1. The number of fused-ring (bicyclic) bond motifs is 1. The first-order valence-corrected chi connectivity index (χ1v) is 10.6. The number of hydrogen-bond acceptors (Lipinski definition) is 8. The number of allylic oxidation sites excluding steroid dienone is 1. The zero-order valence-electron chi connectivity index (χ0n) is 17.6. The van der Waals surface area contributed by atoms with Gasteiger partial charge in [-0.25, -0.2) is 15.0 Å². The van der Waals surface area contributed by atoms with Gasteiger partial charge in [-0.05, 0) is 44.2 Å². The number of anilines is 1. The second-order valence-electron chi connectivity index (χ2n) is 5.89. The Morgan fingerprint density at radius 1 is 1.27 bits per heavy atom. The second-order valence-corrected chi connectivity index (χ2v) is 6.67. The molecule has 0 amide bonds. The quantitative estimate of drug-likeness (QED) is 0.195. The summed E-state index contributed by atoms with van der Waals surface area (Å²) in [6.45, 7) is 7.16. The van der Waals surface area contributed by atoms with Crippen LogP contribution in [0.3, 0.4) is 0 Å². The Morgan fingerprint density at radius 3 is 2.57 bits per heavy atom. The maximum atomic E-state index is 9.40. The van der Waals surface area contributed by atoms with Crippen LogP contribution in [0.5, 0.6) is 0 Å². The maximum Gasteiger partial charge on any atom is 0.189 e. The first-order chi connectivity index (χ1) is 14.6. The predicted molar refractivity (Wildman–Crippen MR) is 122 cm³/mol. The molecule has 4 N–H and O–H groups in total. The van der Waals surface area contributed by atoms with Crippen molar-refractivity contribution in [1.82, 2.24) is 19.9 Å². The van der Waals surface area contributed by atoms with Crippen LogP contribution < -0.4 is 5.32 Å². The molecule has 0 aliphatic carbocycles. The molecule has 0 atom stereocenters. The van der Waals surface area contributed by atoms with Crippen molar-refractivity contribution >= 4 is 34.9 Å². The third-order valence-electron chi connectivity index (χ3n) is 3.61. The molecule has 0 unspecified atom stereocenters. The second kappa shape index (κ2) is 14.3. The van der Waals surface area contributed by atoms with Gasteiger partial charge in [-0.3, -0.25) is 0 Å². The molecule has 0 aliphatic heterocycles. The molecule has 3 rings (SSSR count). The largest absolute Gasteiger partial charge is 0.396 e. The molecular formula is C21H29N5O3S. The highest BCUT2D eigenvalue weighted by molar-refractivity contribution is 7.98. The summed E-state index contributed by atoms with van der Waals surface area (Å²) in [4.78, 5) is 25.1. The van der Waals surface area contributed by atoms with Crippen LogP contribution >= 0.6 is 11.8 Å². The number of benzene rings is 1. The normalized spacial score (nSPS) is 9.77. The zero-order chi connectivity index (χ0) is 22.4. The fraction of sp³-hybridized carbons (Fsp3) is 0.333. The van der Waals surface area contributed by atoms with Crippen LogP contribution in [0.1, 0.15) is 30.8 Å². The topological polar surface area (TPSA) is 124 Å². The van der Waals surface area contributed by atoms with Crippen molar-refractivity contribution in [2.45, 2.75) is 38.6 Å². The highest BCUT2D eigenvalue weighted by atomic mass is 32.2. The van der Waals surface area contributed by atoms with Gasteiger partial charge in [-0.15, -0.1) is 6.58 Å². The Hall–Kier alpha value is -2.75. The number of aliphatic hydroxyl groups excluding tert-OH is 2. The third kappa shape index (κ3) is 7.94. The van der Waals surface area contributed by atoms with E-state index in [2.05, 4.69) is 31.8 Å². The molecule has 0 bridgehead atoms. The summed E-state index contributed by atoms with van der Waals surface area (Å²) in [7, 11) is 0. The van der Waals surface area contributed by atoms with Crippen LogP contribution in [0, 0.1) is 0 Å². The predicted octanol–water partition coefficient (Wildman–Crippen LogP) is 3.11. The van der Waals surface area contributed by atoms with E-state index in [0.29, 0.717) is 29.5 Å². The molecule has 0 spiro atoms. The summed E-state index contributed by atoms with van der Waals surface area (Å²) in [5.74, 6) is 1.39. The smallest absolute Gasteiger partial charge is 0.189 e. The van der Waals surface area contributed by atoms with Crippen molar-refractivity contribution < 1.29 is 15.0 Å². The van der Waals surface area contributed by atoms with E-state index >= 15 is 0 Å². The number of carbonyl (C=O) groups is 1. The highest BCUT2D eigenvalue weighted by Crippen LogP contribution is 2.18. The molecule has 9 heteroatoms. The number of thioether (sulfide) groups is 1. The molecule has 1 aromatic carbocycles. The van der Waals surface area contributed by atoms with Gasteiger partial charge in [-0.2, -0.15) is 0 Å². The summed E-state index contributed by atoms with van der Waals surface area (Å²) in [5.41, 5.74) is 3.53. The summed E-state index contributed by atoms with van der Waals surface area (Å²) >= 11 is 1.45. The van der Waals surface area contributed by atoms with Gasteiger partial charge >= 0.3 is 0 Å². The maximum absolute atomic E-state index is 9.40. The van der Waals surface area contributed by atoms with Gasteiger partial charge in [0.05, 0.1) is 24.2 Å². The van der Waals surface area contributed by atoms with Crippen LogP contribution in [-0.2, 0) is 24.4 Å². The number of rotatable bonds is 7. The number of aldehydes is 1. The van der Waals surface area contributed by atoms with Crippen molar-refractivity contribution in [3.05, 3.63) is 54.0 Å². The molecule has 162 valence electrons. The number of hydrogen-bond donors (Lipinski definition) is 4. The lowest BCUT2D eigenvalue weighted by Gasteiger charge is -2.08. The zero-order valence-corrected chi connectivity index (χ0v) is 18.4. The lowest BCUT2D eigenvalue weighted by Crippen LogP contribution is -2.07. The van der Waals surface area contributed by atoms with E-state index in [9.17, 15) is 5.11 Å². The van der Waals surface area contributed by atoms with Crippen molar-refractivity contribution in [3.63, 3.8) is 0 Å². The Labute approximate surface area is 180 Å². The molecule has 0 fully saturated rings. The van der Waals surface area contributed by atoms with Gasteiger partial charge in [0.2, 0.25) is 0 Å². The number of aliphatic hydroxyl groups is 2. The number of nitrogens with one attached hydrogen (secondary N) is 2. The average molecular weight is 432 g/mol. The number of nitrogens with zero attached hydrogens (tertiary/aromatic N) is 3. The minimum atomic E-state index is -0.123. The summed E-state index contributed by atoms with van der Waals surface area (Å²) in [6, 6.07) is 5.91. The average Bonchev–Trinajstić information content (AvgIpc) is 3.15. The molecule has 3 aromatic rings. The first kappa shape index (κ1) is 25.3. The highest BCUT2D eigenvalue weighted by Gasteiger charge is 2.08. The molecule has 2 heterocycles. The van der Waals surface area contributed by atoms with Crippen LogP contribution in [0.2, 0.25) is 0 Å². The van der Waals surface area contributed by atoms with Crippen LogP contribution in [0.25, 0.3) is 11.0 Å². The number of carbonyl (C=O) groups excluding carboxylic acids is 1. The van der Waals surface area contributed by atoms with E-state index in [1.165, 1.54) is 18.7 Å². The van der Waals surface area contributed by atoms with Gasteiger partial charge in [0, 0.05) is 18.4 Å². The summed E-state index contributed by atoms with van der Waals surface area (Å²) < 4.78 is 0.